The SMILES string of the molecule is O=C(OCCOCCOCCOCCOCCOCCOCCOCCOCCOCc1ccccc1)c1ccccc1Nc1cccc(C(F)(F)F)c1. The monoisotopic (exact) mass is 767 g/mol. The predicted octanol–water partition coefficient (Wildman–Crippen LogP) is 5.96. The van der Waals surface area contributed by atoms with Gasteiger partial charge in [0, 0.05) is 5.69 Å². The van der Waals surface area contributed by atoms with Crippen LogP contribution < -0.4 is 5.32 Å². The molecule has 0 saturated carbocycles. The standard InChI is InChI=1S/C39H52F3NO11/c40-39(41,42)34-9-6-10-35(31-34)43-37-12-5-4-11-36(37)38(44)54-30-29-52-26-25-50-22-21-48-18-17-46-14-13-45-15-16-47-19-20-49-23-24-51-27-28-53-32-33-7-2-1-3-8-33/h1-12,31,43H,13-30,32H2. The molecule has 0 bridgehead atoms. The number of nitrogens with one attached hydrogen (secondary N) is 1. The van der Waals surface area contributed by atoms with Crippen molar-refractivity contribution in [2.24, 2.45) is 0 Å². The minimum atomic E-state index is -4.48. The fourth-order valence-electron chi connectivity index (χ4n) is 4.49. The van der Waals surface area contributed by atoms with Crippen molar-refractivity contribution in [2.45, 2.75) is 12.8 Å². The molecule has 300 valence electrons. The Balaban J connectivity index is 1.01. The number of hydrogen-bond acceptors (Lipinski definition) is 12. The minimum Gasteiger partial charge on any atom is -0.460 e. The second kappa shape index (κ2) is 28.8. The van der Waals surface area contributed by atoms with Crippen LogP contribution in [0.4, 0.5) is 24.5 Å². The Labute approximate surface area is 315 Å². The van der Waals surface area contributed by atoms with Crippen molar-refractivity contribution < 1.29 is 65.3 Å². The molecule has 0 saturated heterocycles. The van der Waals surface area contributed by atoms with E-state index in [0.29, 0.717) is 118 Å². The highest BCUT2D eigenvalue weighted by molar-refractivity contribution is 5.96. The van der Waals surface area contributed by atoms with Crippen LogP contribution in [0.15, 0.2) is 78.9 Å². The summed E-state index contributed by atoms with van der Waals surface area (Å²) >= 11 is 0. The van der Waals surface area contributed by atoms with Gasteiger partial charge in [-0.3, -0.25) is 0 Å². The van der Waals surface area contributed by atoms with Gasteiger partial charge < -0.3 is 52.7 Å². The molecule has 0 unspecified atom stereocenters. The summed E-state index contributed by atoms with van der Waals surface area (Å²) in [6.07, 6.45) is -4.48. The number of rotatable bonds is 32. The summed E-state index contributed by atoms with van der Waals surface area (Å²) in [5.41, 5.74) is 1.05. The van der Waals surface area contributed by atoms with Gasteiger partial charge in [-0.2, -0.15) is 13.2 Å². The molecule has 3 aromatic rings. The lowest BCUT2D eigenvalue weighted by Gasteiger charge is -2.13. The van der Waals surface area contributed by atoms with Crippen LogP contribution in [0.3, 0.4) is 0 Å². The molecule has 0 aliphatic heterocycles. The summed E-state index contributed by atoms with van der Waals surface area (Å²) in [6.45, 7) is 7.97. The summed E-state index contributed by atoms with van der Waals surface area (Å²) in [5, 5.41) is 2.86. The molecule has 54 heavy (non-hydrogen) atoms. The highest BCUT2D eigenvalue weighted by atomic mass is 19.4. The molecule has 3 aromatic carbocycles. The van der Waals surface area contributed by atoms with E-state index in [1.807, 2.05) is 30.3 Å². The maximum absolute atomic E-state index is 13.0. The average molecular weight is 768 g/mol. The molecular weight excluding hydrogens is 715 g/mol. The Morgan fingerprint density at radius 1 is 0.481 bits per heavy atom. The van der Waals surface area contributed by atoms with Gasteiger partial charge in [0.1, 0.15) is 6.61 Å². The summed E-state index contributed by atoms with van der Waals surface area (Å²) in [4.78, 5) is 12.6. The number of esters is 1. The first-order valence-electron chi connectivity index (χ1n) is 17.9. The number of ether oxygens (including phenoxy) is 10. The fourth-order valence-corrected chi connectivity index (χ4v) is 4.49. The molecular formula is C39H52F3NO11. The number of carbonyl (C=O) groups is 1. The van der Waals surface area contributed by atoms with Crippen molar-refractivity contribution >= 4 is 17.3 Å². The van der Waals surface area contributed by atoms with E-state index in [2.05, 4.69) is 5.32 Å². The third-order valence-electron chi connectivity index (χ3n) is 7.16. The summed E-state index contributed by atoms with van der Waals surface area (Å²) in [5.74, 6) is -0.628. The summed E-state index contributed by atoms with van der Waals surface area (Å²) in [6, 6.07) is 21.2. The van der Waals surface area contributed by atoms with Crippen molar-refractivity contribution in [3.8, 4) is 0 Å². The Kier molecular flexibility index (Phi) is 23.8. The highest BCUT2D eigenvalue weighted by Crippen LogP contribution is 2.32. The zero-order valence-electron chi connectivity index (χ0n) is 30.6. The van der Waals surface area contributed by atoms with Gasteiger partial charge in [-0.05, 0) is 35.9 Å². The highest BCUT2D eigenvalue weighted by Gasteiger charge is 2.30. The van der Waals surface area contributed by atoms with Crippen LogP contribution in [0.1, 0.15) is 21.5 Å². The van der Waals surface area contributed by atoms with Crippen molar-refractivity contribution in [1.29, 1.82) is 0 Å². The van der Waals surface area contributed by atoms with Crippen LogP contribution >= 0.6 is 0 Å². The number of alkyl halides is 3. The molecule has 0 heterocycles. The lowest BCUT2D eigenvalue weighted by Crippen LogP contribution is -2.16. The van der Waals surface area contributed by atoms with Gasteiger partial charge in [0.15, 0.2) is 0 Å². The molecule has 0 fully saturated rings. The number of carbonyl (C=O) groups excluding carboxylic acids is 1. The van der Waals surface area contributed by atoms with E-state index in [4.69, 9.17) is 47.4 Å². The summed E-state index contributed by atoms with van der Waals surface area (Å²) in [7, 11) is 0. The van der Waals surface area contributed by atoms with Crippen molar-refractivity contribution in [3.05, 3.63) is 95.6 Å². The van der Waals surface area contributed by atoms with E-state index >= 15 is 0 Å². The zero-order chi connectivity index (χ0) is 38.4. The van der Waals surface area contributed by atoms with E-state index in [-0.39, 0.29) is 24.5 Å². The largest absolute Gasteiger partial charge is 0.460 e. The molecule has 0 atom stereocenters. The Hall–Kier alpha value is -3.64. The second-order valence-electron chi connectivity index (χ2n) is 11.3. The number of benzene rings is 3. The molecule has 12 nitrogen and oxygen atoms in total. The van der Waals surface area contributed by atoms with Crippen LogP contribution in [0, 0.1) is 0 Å². The van der Waals surface area contributed by atoms with Gasteiger partial charge in [-0.25, -0.2) is 4.79 Å². The van der Waals surface area contributed by atoms with E-state index in [1.165, 1.54) is 18.2 Å². The number of halogens is 3. The quantitative estimate of drug-likeness (QED) is 0.0597. The van der Waals surface area contributed by atoms with E-state index < -0.39 is 17.7 Å². The van der Waals surface area contributed by atoms with Crippen LogP contribution in [-0.2, 0) is 60.2 Å². The van der Waals surface area contributed by atoms with Gasteiger partial charge >= 0.3 is 12.1 Å². The van der Waals surface area contributed by atoms with Crippen molar-refractivity contribution in [3.63, 3.8) is 0 Å². The minimum absolute atomic E-state index is 0.00103. The van der Waals surface area contributed by atoms with Gasteiger partial charge in [-0.1, -0.05) is 48.5 Å². The zero-order valence-corrected chi connectivity index (χ0v) is 30.6. The Bertz CT molecular complexity index is 1390. The first-order valence-corrected chi connectivity index (χ1v) is 17.9. The van der Waals surface area contributed by atoms with Gasteiger partial charge in [0.05, 0.1) is 136 Å². The van der Waals surface area contributed by atoms with Crippen LogP contribution in [0.25, 0.3) is 0 Å². The molecule has 0 amide bonds. The molecule has 0 aliphatic rings. The maximum Gasteiger partial charge on any atom is 0.416 e. The summed E-state index contributed by atoms with van der Waals surface area (Å²) < 4.78 is 93.7. The first-order chi connectivity index (χ1) is 26.4. The van der Waals surface area contributed by atoms with Gasteiger partial charge in [0.25, 0.3) is 0 Å². The van der Waals surface area contributed by atoms with Crippen LogP contribution in [0.2, 0.25) is 0 Å². The average Bonchev–Trinajstić information content (AvgIpc) is 3.17. The first kappa shape index (κ1) is 44.8. The molecule has 3 rings (SSSR count). The topological polar surface area (TPSA) is 121 Å². The predicted molar refractivity (Wildman–Crippen MR) is 194 cm³/mol. The van der Waals surface area contributed by atoms with Crippen LogP contribution in [-0.4, -0.2) is 125 Å². The van der Waals surface area contributed by atoms with Gasteiger partial charge in [0.2, 0.25) is 0 Å². The van der Waals surface area contributed by atoms with E-state index in [0.717, 1.165) is 17.7 Å². The molecule has 0 radical (unpaired) electrons. The number of hydrogen-bond donors (Lipinski definition) is 1. The maximum atomic E-state index is 13.0. The molecule has 15 heteroatoms. The third kappa shape index (κ3) is 21.3. The molecule has 0 aliphatic carbocycles. The van der Waals surface area contributed by atoms with Gasteiger partial charge in [-0.15, -0.1) is 0 Å². The second-order valence-corrected chi connectivity index (χ2v) is 11.3. The fraction of sp³-hybridized carbons (Fsp3) is 0.513. The smallest absolute Gasteiger partial charge is 0.416 e. The number of para-hydroxylation sites is 1. The number of anilines is 2. The lowest BCUT2D eigenvalue weighted by molar-refractivity contribution is -0.137. The molecule has 0 spiro atoms. The van der Waals surface area contributed by atoms with Crippen molar-refractivity contribution in [2.75, 3.05) is 124 Å². The van der Waals surface area contributed by atoms with E-state index in [1.54, 1.807) is 18.2 Å². The normalized spacial score (nSPS) is 11.5. The molecule has 1 N–H and O–H groups in total. The van der Waals surface area contributed by atoms with Crippen molar-refractivity contribution in [1.82, 2.24) is 0 Å². The Morgan fingerprint density at radius 3 is 1.39 bits per heavy atom. The molecule has 0 aromatic heterocycles. The van der Waals surface area contributed by atoms with E-state index in [9.17, 15) is 18.0 Å². The van der Waals surface area contributed by atoms with Crippen LogP contribution in [0.5, 0.6) is 0 Å². The lowest BCUT2D eigenvalue weighted by atomic mass is 10.1. The Morgan fingerprint density at radius 2 is 0.907 bits per heavy atom. The third-order valence-corrected chi connectivity index (χ3v) is 7.16.